The summed E-state index contributed by atoms with van der Waals surface area (Å²) in [6.45, 7) is 3.03. The van der Waals surface area contributed by atoms with Crippen LogP contribution in [0.25, 0.3) is 0 Å². The topological polar surface area (TPSA) is 81.4 Å². The van der Waals surface area contributed by atoms with Crippen LogP contribution in [0.15, 0.2) is 0 Å². The predicted molar refractivity (Wildman–Crippen MR) is 63.6 cm³/mol. The maximum Gasteiger partial charge on any atom is 0.214 e. The van der Waals surface area contributed by atoms with Crippen LogP contribution in [0.2, 0.25) is 0 Å². The van der Waals surface area contributed by atoms with Gasteiger partial charge in [0, 0.05) is 19.2 Å². The van der Waals surface area contributed by atoms with Gasteiger partial charge in [-0.25, -0.2) is 13.1 Å². The lowest BCUT2D eigenvalue weighted by atomic mass is 10.2. The van der Waals surface area contributed by atoms with E-state index in [0.717, 1.165) is 25.7 Å². The van der Waals surface area contributed by atoms with Crippen LogP contribution in [0.5, 0.6) is 0 Å². The molecular weight excluding hydrogens is 228 g/mol. The van der Waals surface area contributed by atoms with Crippen LogP contribution >= 0.6 is 0 Å². The highest BCUT2D eigenvalue weighted by molar-refractivity contribution is 7.89. The largest absolute Gasteiger partial charge is 0.377 e. The van der Waals surface area contributed by atoms with Gasteiger partial charge in [0.1, 0.15) is 0 Å². The molecule has 0 radical (unpaired) electrons. The van der Waals surface area contributed by atoms with Crippen LogP contribution in [0, 0.1) is 0 Å². The maximum absolute atomic E-state index is 11.6. The quantitative estimate of drug-likeness (QED) is 0.677. The van der Waals surface area contributed by atoms with Crippen molar-refractivity contribution < 1.29 is 13.2 Å². The van der Waals surface area contributed by atoms with Crippen molar-refractivity contribution in [1.29, 1.82) is 0 Å². The summed E-state index contributed by atoms with van der Waals surface area (Å²) in [5, 5.41) is 0. The molecule has 0 bridgehead atoms. The lowest BCUT2D eigenvalue weighted by Gasteiger charge is -2.14. The summed E-state index contributed by atoms with van der Waals surface area (Å²) in [6.07, 6.45) is 3.45. The van der Waals surface area contributed by atoms with E-state index in [2.05, 4.69) is 4.72 Å². The minimum Gasteiger partial charge on any atom is -0.377 e. The Hall–Kier alpha value is -0.170. The molecule has 1 heterocycles. The van der Waals surface area contributed by atoms with Gasteiger partial charge in [-0.3, -0.25) is 0 Å². The van der Waals surface area contributed by atoms with Gasteiger partial charge in [0.2, 0.25) is 10.0 Å². The summed E-state index contributed by atoms with van der Waals surface area (Å²) in [4.78, 5) is 0. The van der Waals surface area contributed by atoms with E-state index in [9.17, 15) is 8.42 Å². The third-order valence-electron chi connectivity index (χ3n) is 2.65. The zero-order chi connectivity index (χ0) is 12.0. The van der Waals surface area contributed by atoms with Crippen molar-refractivity contribution in [3.05, 3.63) is 0 Å². The Morgan fingerprint density at radius 1 is 1.56 bits per heavy atom. The first-order chi connectivity index (χ1) is 7.53. The van der Waals surface area contributed by atoms with Gasteiger partial charge in [-0.15, -0.1) is 0 Å². The van der Waals surface area contributed by atoms with E-state index in [1.807, 2.05) is 6.92 Å². The average molecular weight is 250 g/mol. The van der Waals surface area contributed by atoms with Crippen molar-refractivity contribution in [1.82, 2.24) is 4.72 Å². The molecule has 0 aromatic heterocycles. The summed E-state index contributed by atoms with van der Waals surface area (Å²) >= 11 is 0. The molecule has 1 aliphatic heterocycles. The van der Waals surface area contributed by atoms with Gasteiger partial charge in [0.25, 0.3) is 0 Å². The van der Waals surface area contributed by atoms with Crippen molar-refractivity contribution in [2.75, 3.05) is 18.9 Å². The van der Waals surface area contributed by atoms with Crippen molar-refractivity contribution in [2.45, 2.75) is 44.8 Å². The standard InChI is InChI=1S/C10H22N2O3S/c1-2-4-9(11)7-12-16(13,14)8-10-5-3-6-15-10/h9-10,12H,2-8,11H2,1H3. The van der Waals surface area contributed by atoms with E-state index >= 15 is 0 Å². The van der Waals surface area contributed by atoms with Crippen molar-refractivity contribution in [3.8, 4) is 0 Å². The molecule has 0 spiro atoms. The number of nitrogens with two attached hydrogens (primary N) is 1. The van der Waals surface area contributed by atoms with Gasteiger partial charge < -0.3 is 10.5 Å². The van der Waals surface area contributed by atoms with Gasteiger partial charge in [-0.1, -0.05) is 13.3 Å². The second-order valence-electron chi connectivity index (χ2n) is 4.31. The van der Waals surface area contributed by atoms with E-state index in [-0.39, 0.29) is 17.9 Å². The second kappa shape index (κ2) is 6.54. The molecule has 0 aromatic carbocycles. The van der Waals surface area contributed by atoms with Crippen LogP contribution in [0.1, 0.15) is 32.6 Å². The summed E-state index contributed by atoms with van der Waals surface area (Å²) in [5.74, 6) is 0.0614. The molecule has 3 N–H and O–H groups in total. The molecular formula is C10H22N2O3S. The van der Waals surface area contributed by atoms with Crippen LogP contribution in [-0.2, 0) is 14.8 Å². The number of rotatable bonds is 7. The lowest BCUT2D eigenvalue weighted by Crippen LogP contribution is -2.40. The van der Waals surface area contributed by atoms with Crippen molar-refractivity contribution in [2.24, 2.45) is 5.73 Å². The van der Waals surface area contributed by atoms with E-state index < -0.39 is 10.0 Å². The Morgan fingerprint density at radius 3 is 2.88 bits per heavy atom. The third kappa shape index (κ3) is 5.25. The molecule has 1 rings (SSSR count). The molecule has 0 aliphatic carbocycles. The zero-order valence-corrected chi connectivity index (χ0v) is 10.6. The molecule has 5 nitrogen and oxygen atoms in total. The first-order valence-corrected chi connectivity index (χ1v) is 7.53. The van der Waals surface area contributed by atoms with E-state index in [1.165, 1.54) is 0 Å². The molecule has 2 unspecified atom stereocenters. The molecule has 1 fully saturated rings. The van der Waals surface area contributed by atoms with Gasteiger partial charge >= 0.3 is 0 Å². The first kappa shape index (κ1) is 13.9. The minimum absolute atomic E-state index is 0.0614. The fourth-order valence-corrected chi connectivity index (χ4v) is 3.12. The molecule has 0 amide bonds. The maximum atomic E-state index is 11.6. The van der Waals surface area contributed by atoms with Crippen LogP contribution in [0.3, 0.4) is 0 Å². The van der Waals surface area contributed by atoms with Gasteiger partial charge in [0.15, 0.2) is 0 Å². The zero-order valence-electron chi connectivity index (χ0n) is 9.81. The van der Waals surface area contributed by atoms with Crippen LogP contribution in [-0.4, -0.2) is 39.5 Å². The monoisotopic (exact) mass is 250 g/mol. The molecule has 1 aliphatic rings. The molecule has 0 aromatic rings. The highest BCUT2D eigenvalue weighted by Gasteiger charge is 2.23. The summed E-state index contributed by atoms with van der Waals surface area (Å²) in [6, 6.07) is -0.0933. The van der Waals surface area contributed by atoms with Crippen LogP contribution < -0.4 is 10.5 Å². The van der Waals surface area contributed by atoms with E-state index in [1.54, 1.807) is 0 Å². The van der Waals surface area contributed by atoms with E-state index in [0.29, 0.717) is 13.2 Å². The molecule has 6 heteroatoms. The van der Waals surface area contributed by atoms with Gasteiger partial charge in [-0.2, -0.15) is 0 Å². The van der Waals surface area contributed by atoms with Crippen molar-refractivity contribution in [3.63, 3.8) is 0 Å². The molecule has 96 valence electrons. The van der Waals surface area contributed by atoms with Gasteiger partial charge in [0.05, 0.1) is 11.9 Å². The molecule has 2 atom stereocenters. The average Bonchev–Trinajstić information content (AvgIpc) is 2.67. The Labute approximate surface area is 97.8 Å². The molecule has 0 saturated carbocycles. The lowest BCUT2D eigenvalue weighted by molar-refractivity contribution is 0.127. The van der Waals surface area contributed by atoms with E-state index in [4.69, 9.17) is 10.5 Å². The van der Waals surface area contributed by atoms with Crippen LogP contribution in [0.4, 0.5) is 0 Å². The summed E-state index contributed by atoms with van der Waals surface area (Å²) in [5.41, 5.74) is 5.74. The number of hydrogen-bond donors (Lipinski definition) is 2. The summed E-state index contributed by atoms with van der Waals surface area (Å²) in [7, 11) is -3.23. The Balaban J connectivity index is 2.27. The normalized spacial score (nSPS) is 23.5. The Kier molecular flexibility index (Phi) is 5.68. The smallest absolute Gasteiger partial charge is 0.214 e. The number of hydrogen-bond acceptors (Lipinski definition) is 4. The predicted octanol–water partition coefficient (Wildman–Crippen LogP) is 0.212. The highest BCUT2D eigenvalue weighted by Crippen LogP contribution is 2.13. The number of ether oxygens (including phenoxy) is 1. The first-order valence-electron chi connectivity index (χ1n) is 5.88. The molecule has 1 saturated heterocycles. The van der Waals surface area contributed by atoms with Crippen molar-refractivity contribution >= 4 is 10.0 Å². The Morgan fingerprint density at radius 2 is 2.31 bits per heavy atom. The Bertz CT molecular complexity index is 286. The highest BCUT2D eigenvalue weighted by atomic mass is 32.2. The molecule has 16 heavy (non-hydrogen) atoms. The minimum atomic E-state index is -3.23. The SMILES string of the molecule is CCCC(N)CNS(=O)(=O)CC1CCCO1. The second-order valence-corrected chi connectivity index (χ2v) is 6.17. The number of sulfonamides is 1. The van der Waals surface area contributed by atoms with Gasteiger partial charge in [-0.05, 0) is 19.3 Å². The fourth-order valence-electron chi connectivity index (χ4n) is 1.79. The third-order valence-corrected chi connectivity index (χ3v) is 4.07. The fraction of sp³-hybridized carbons (Fsp3) is 1.00. The number of nitrogens with one attached hydrogen (secondary N) is 1. The summed E-state index contributed by atoms with van der Waals surface area (Å²) < 4.78 is 31.1.